The summed E-state index contributed by atoms with van der Waals surface area (Å²) in [7, 11) is 0. The van der Waals surface area contributed by atoms with Crippen LogP contribution in [0.15, 0.2) is 53.1 Å². The molecule has 0 atom stereocenters. The van der Waals surface area contributed by atoms with Crippen LogP contribution in [0.2, 0.25) is 5.02 Å². The number of carbonyl (C=O) groups is 1. The summed E-state index contributed by atoms with van der Waals surface area (Å²) in [6.07, 6.45) is 1.53. The van der Waals surface area contributed by atoms with E-state index < -0.39 is 0 Å². The number of carbonyl (C=O) groups excluding carboxylic acids is 1. The number of fused-ring (bicyclic) bond motifs is 1. The van der Waals surface area contributed by atoms with Gasteiger partial charge in [-0.05, 0) is 30.5 Å². The van der Waals surface area contributed by atoms with Gasteiger partial charge in [0.2, 0.25) is 0 Å². The van der Waals surface area contributed by atoms with E-state index in [0.717, 1.165) is 10.8 Å². The maximum absolute atomic E-state index is 12.6. The Balaban J connectivity index is 2.24. The first kappa shape index (κ1) is 12.0. The molecule has 0 saturated heterocycles. The third-order valence-electron chi connectivity index (χ3n) is 3.22. The fourth-order valence-corrected chi connectivity index (χ4v) is 2.45. The molecule has 1 aromatic heterocycles. The van der Waals surface area contributed by atoms with E-state index in [1.807, 2.05) is 24.3 Å². The lowest BCUT2D eigenvalue weighted by Crippen LogP contribution is -2.02. The van der Waals surface area contributed by atoms with Gasteiger partial charge in [0.15, 0.2) is 5.78 Å². The quantitative estimate of drug-likeness (QED) is 0.636. The predicted octanol–water partition coefficient (Wildman–Crippen LogP) is 4.63. The second kappa shape index (κ2) is 4.56. The fraction of sp³-hybridized carbons (Fsp3) is 0.0625. The second-order valence-electron chi connectivity index (χ2n) is 4.36. The Labute approximate surface area is 115 Å². The molecule has 0 N–H and O–H groups in total. The number of hydrogen-bond acceptors (Lipinski definition) is 2. The molecule has 3 heteroatoms. The van der Waals surface area contributed by atoms with Gasteiger partial charge < -0.3 is 4.42 Å². The van der Waals surface area contributed by atoms with E-state index in [-0.39, 0.29) is 5.78 Å². The van der Waals surface area contributed by atoms with Crippen molar-refractivity contribution in [2.24, 2.45) is 0 Å². The monoisotopic (exact) mass is 270 g/mol. The molecular weight excluding hydrogens is 260 g/mol. The molecule has 19 heavy (non-hydrogen) atoms. The topological polar surface area (TPSA) is 30.2 Å². The zero-order valence-electron chi connectivity index (χ0n) is 10.3. The number of rotatable bonds is 2. The lowest BCUT2D eigenvalue weighted by Gasteiger charge is -2.06. The number of hydrogen-bond donors (Lipinski definition) is 0. The lowest BCUT2D eigenvalue weighted by atomic mass is 9.97. The minimum absolute atomic E-state index is 0.0425. The van der Waals surface area contributed by atoms with Gasteiger partial charge in [-0.1, -0.05) is 35.9 Å². The molecule has 2 aromatic carbocycles. The van der Waals surface area contributed by atoms with Gasteiger partial charge in [0.1, 0.15) is 5.76 Å². The van der Waals surface area contributed by atoms with Gasteiger partial charge in [0.05, 0.1) is 11.8 Å². The lowest BCUT2D eigenvalue weighted by molar-refractivity contribution is 0.103. The summed E-state index contributed by atoms with van der Waals surface area (Å²) in [5, 5.41) is 2.40. The van der Waals surface area contributed by atoms with Crippen molar-refractivity contribution in [3.63, 3.8) is 0 Å². The molecule has 0 aliphatic heterocycles. The van der Waals surface area contributed by atoms with Crippen LogP contribution in [-0.4, -0.2) is 5.78 Å². The molecule has 3 aromatic rings. The molecule has 3 rings (SSSR count). The first-order valence-electron chi connectivity index (χ1n) is 5.94. The van der Waals surface area contributed by atoms with Gasteiger partial charge in [0.25, 0.3) is 0 Å². The van der Waals surface area contributed by atoms with Crippen LogP contribution in [0.25, 0.3) is 10.8 Å². The zero-order chi connectivity index (χ0) is 13.4. The van der Waals surface area contributed by atoms with Crippen LogP contribution in [0.4, 0.5) is 0 Å². The van der Waals surface area contributed by atoms with Gasteiger partial charge in [-0.3, -0.25) is 4.79 Å². The van der Waals surface area contributed by atoms with Crippen molar-refractivity contribution >= 4 is 28.2 Å². The van der Waals surface area contributed by atoms with Crippen molar-refractivity contribution in [1.29, 1.82) is 0 Å². The highest BCUT2D eigenvalue weighted by Crippen LogP contribution is 2.28. The minimum Gasteiger partial charge on any atom is -0.469 e. The van der Waals surface area contributed by atoms with Crippen molar-refractivity contribution in [2.45, 2.75) is 6.92 Å². The predicted molar refractivity (Wildman–Crippen MR) is 75.8 cm³/mol. The molecule has 0 saturated carbocycles. The summed E-state index contributed by atoms with van der Waals surface area (Å²) in [4.78, 5) is 12.6. The zero-order valence-corrected chi connectivity index (χ0v) is 11.1. The third-order valence-corrected chi connectivity index (χ3v) is 3.55. The fourth-order valence-electron chi connectivity index (χ4n) is 2.23. The van der Waals surface area contributed by atoms with Crippen LogP contribution in [0.1, 0.15) is 21.7 Å². The Hall–Kier alpha value is -2.06. The van der Waals surface area contributed by atoms with Crippen LogP contribution >= 0.6 is 11.6 Å². The summed E-state index contributed by atoms with van der Waals surface area (Å²) >= 11 is 6.16. The van der Waals surface area contributed by atoms with Crippen LogP contribution in [-0.2, 0) is 0 Å². The second-order valence-corrected chi connectivity index (χ2v) is 4.77. The molecule has 0 radical (unpaired) electrons. The van der Waals surface area contributed by atoms with Crippen molar-refractivity contribution in [1.82, 2.24) is 0 Å². The highest BCUT2D eigenvalue weighted by Gasteiger charge is 2.17. The van der Waals surface area contributed by atoms with Crippen LogP contribution in [0.3, 0.4) is 0 Å². The number of ketones is 1. The van der Waals surface area contributed by atoms with E-state index in [0.29, 0.717) is 21.9 Å². The smallest absolute Gasteiger partial charge is 0.197 e. The van der Waals surface area contributed by atoms with E-state index in [4.69, 9.17) is 16.0 Å². The van der Waals surface area contributed by atoms with Crippen molar-refractivity contribution in [3.8, 4) is 0 Å². The van der Waals surface area contributed by atoms with Gasteiger partial charge in [0, 0.05) is 16.0 Å². The Morgan fingerprint density at radius 1 is 1.00 bits per heavy atom. The van der Waals surface area contributed by atoms with Crippen molar-refractivity contribution in [3.05, 3.63) is 70.6 Å². The Kier molecular flexibility index (Phi) is 2.88. The van der Waals surface area contributed by atoms with Gasteiger partial charge in [-0.2, -0.15) is 0 Å². The average Bonchev–Trinajstić information content (AvgIpc) is 2.85. The van der Waals surface area contributed by atoms with E-state index in [1.54, 1.807) is 25.1 Å². The van der Waals surface area contributed by atoms with E-state index in [2.05, 4.69) is 0 Å². The van der Waals surface area contributed by atoms with E-state index in [1.165, 1.54) is 6.26 Å². The summed E-state index contributed by atoms with van der Waals surface area (Å²) < 4.78 is 5.20. The summed E-state index contributed by atoms with van der Waals surface area (Å²) in [6.45, 7) is 1.78. The van der Waals surface area contributed by atoms with Crippen molar-refractivity contribution < 1.29 is 9.21 Å². The summed E-state index contributed by atoms with van der Waals surface area (Å²) in [6, 6.07) is 12.8. The number of aryl methyl sites for hydroxylation is 1. The third kappa shape index (κ3) is 1.94. The molecule has 1 heterocycles. The Morgan fingerprint density at radius 2 is 1.74 bits per heavy atom. The Morgan fingerprint density at radius 3 is 2.42 bits per heavy atom. The molecule has 0 fully saturated rings. The van der Waals surface area contributed by atoms with Gasteiger partial charge in [-0.25, -0.2) is 0 Å². The SMILES string of the molecule is Cc1occc1C(=O)c1ccc(Cl)c2ccccc12. The Bertz CT molecular complexity index is 771. The molecule has 2 nitrogen and oxygen atoms in total. The molecule has 0 bridgehead atoms. The highest BCUT2D eigenvalue weighted by atomic mass is 35.5. The average molecular weight is 271 g/mol. The molecule has 0 aliphatic carbocycles. The highest BCUT2D eigenvalue weighted by molar-refractivity contribution is 6.36. The maximum atomic E-state index is 12.6. The van der Waals surface area contributed by atoms with Gasteiger partial charge in [-0.15, -0.1) is 0 Å². The first-order valence-corrected chi connectivity index (χ1v) is 6.32. The van der Waals surface area contributed by atoms with Gasteiger partial charge >= 0.3 is 0 Å². The maximum Gasteiger partial charge on any atom is 0.197 e. The molecular formula is C16H11ClO2. The summed E-state index contributed by atoms with van der Waals surface area (Å²) in [5.74, 6) is 0.586. The molecule has 0 amide bonds. The molecule has 0 unspecified atom stereocenters. The number of furan rings is 1. The molecule has 0 aliphatic rings. The largest absolute Gasteiger partial charge is 0.469 e. The van der Waals surface area contributed by atoms with Crippen LogP contribution in [0.5, 0.6) is 0 Å². The minimum atomic E-state index is -0.0425. The normalized spacial score (nSPS) is 10.8. The van der Waals surface area contributed by atoms with E-state index in [9.17, 15) is 4.79 Å². The number of halogens is 1. The van der Waals surface area contributed by atoms with Crippen molar-refractivity contribution in [2.75, 3.05) is 0 Å². The number of benzene rings is 2. The van der Waals surface area contributed by atoms with E-state index >= 15 is 0 Å². The standard InChI is InChI=1S/C16H11ClO2/c1-10-11(8-9-19-10)16(18)14-6-7-15(17)13-5-3-2-4-12(13)14/h2-9H,1H3. The molecule has 94 valence electrons. The first-order chi connectivity index (χ1) is 9.18. The summed E-state index contributed by atoms with van der Waals surface area (Å²) in [5.41, 5.74) is 1.23. The van der Waals surface area contributed by atoms with Crippen LogP contribution < -0.4 is 0 Å². The molecule has 0 spiro atoms. The van der Waals surface area contributed by atoms with Crippen LogP contribution in [0, 0.1) is 6.92 Å².